The molecule has 0 unspecified atom stereocenters. The number of aromatic nitrogens is 4. The average molecular weight is 344 g/mol. The third-order valence-corrected chi connectivity index (χ3v) is 4.34. The molecule has 0 N–H and O–H groups in total. The topological polar surface area (TPSA) is 52.8 Å². The van der Waals surface area contributed by atoms with Gasteiger partial charge in [-0.2, -0.15) is 5.10 Å². The quantitative estimate of drug-likeness (QED) is 0.520. The second kappa shape index (κ2) is 6.59. The number of rotatable bonds is 4. The van der Waals surface area contributed by atoms with Crippen LogP contribution in [-0.4, -0.2) is 19.7 Å². The molecule has 0 radical (unpaired) electrons. The van der Waals surface area contributed by atoms with Crippen LogP contribution in [0.1, 0.15) is 30.9 Å². The predicted octanol–water partition coefficient (Wildman–Crippen LogP) is 5.04. The van der Waals surface area contributed by atoms with Crippen molar-refractivity contribution in [2.24, 2.45) is 0 Å². The number of ether oxygens (including phenoxy) is 1. The zero-order valence-electron chi connectivity index (χ0n) is 15.0. The van der Waals surface area contributed by atoms with Gasteiger partial charge in [0.1, 0.15) is 17.5 Å². The molecule has 0 saturated heterocycles. The van der Waals surface area contributed by atoms with Gasteiger partial charge in [-0.3, -0.25) is 0 Å². The molecule has 26 heavy (non-hydrogen) atoms. The number of aryl methyl sites for hydroxylation is 1. The van der Waals surface area contributed by atoms with Crippen LogP contribution >= 0.6 is 0 Å². The Hall–Kier alpha value is -3.21. The van der Waals surface area contributed by atoms with Crippen molar-refractivity contribution < 1.29 is 4.74 Å². The van der Waals surface area contributed by atoms with E-state index in [9.17, 15) is 0 Å². The summed E-state index contributed by atoms with van der Waals surface area (Å²) in [5, 5.41) is 5.26. The Morgan fingerprint density at radius 1 is 1.00 bits per heavy atom. The van der Waals surface area contributed by atoms with E-state index < -0.39 is 0 Å². The highest BCUT2D eigenvalue weighted by atomic mass is 16.5. The maximum atomic E-state index is 5.99. The van der Waals surface area contributed by atoms with E-state index in [2.05, 4.69) is 60.1 Å². The van der Waals surface area contributed by atoms with Crippen LogP contribution < -0.4 is 4.74 Å². The predicted molar refractivity (Wildman–Crippen MR) is 102 cm³/mol. The highest BCUT2D eigenvalue weighted by molar-refractivity contribution is 5.81. The zero-order chi connectivity index (χ0) is 18.1. The molecule has 0 fully saturated rings. The molecule has 2 heterocycles. The molecule has 130 valence electrons. The summed E-state index contributed by atoms with van der Waals surface area (Å²) >= 11 is 0. The first-order valence-corrected chi connectivity index (χ1v) is 8.65. The maximum Gasteiger partial charge on any atom is 0.233 e. The summed E-state index contributed by atoms with van der Waals surface area (Å²) in [5.74, 6) is 1.74. The van der Waals surface area contributed by atoms with Crippen LogP contribution in [0.5, 0.6) is 11.6 Å². The van der Waals surface area contributed by atoms with E-state index in [0.29, 0.717) is 11.8 Å². The maximum absolute atomic E-state index is 5.99. The smallest absolute Gasteiger partial charge is 0.233 e. The van der Waals surface area contributed by atoms with Gasteiger partial charge in [0.05, 0.1) is 11.9 Å². The molecule has 0 aliphatic rings. The largest absolute Gasteiger partial charge is 0.438 e. The van der Waals surface area contributed by atoms with Crippen LogP contribution in [-0.2, 0) is 0 Å². The SMILES string of the molecule is Cc1cccc(-n2ncc3c(Oc4ccc(C(C)C)cc4)ncnc32)c1. The summed E-state index contributed by atoms with van der Waals surface area (Å²) < 4.78 is 7.80. The van der Waals surface area contributed by atoms with Gasteiger partial charge in [-0.15, -0.1) is 0 Å². The van der Waals surface area contributed by atoms with Gasteiger partial charge in [-0.05, 0) is 48.2 Å². The van der Waals surface area contributed by atoms with Gasteiger partial charge < -0.3 is 4.74 Å². The molecule has 5 nitrogen and oxygen atoms in total. The Kier molecular flexibility index (Phi) is 4.13. The first-order valence-electron chi connectivity index (χ1n) is 8.65. The number of hydrogen-bond donors (Lipinski definition) is 0. The Bertz CT molecular complexity index is 1050. The van der Waals surface area contributed by atoms with Crippen LogP contribution in [0.4, 0.5) is 0 Å². The summed E-state index contributed by atoms with van der Waals surface area (Å²) in [6.07, 6.45) is 3.25. The number of nitrogens with zero attached hydrogens (tertiary/aromatic N) is 4. The van der Waals surface area contributed by atoms with Crippen LogP contribution in [0.2, 0.25) is 0 Å². The van der Waals surface area contributed by atoms with Gasteiger partial charge in [0.25, 0.3) is 0 Å². The lowest BCUT2D eigenvalue weighted by molar-refractivity contribution is 0.468. The zero-order valence-corrected chi connectivity index (χ0v) is 15.0. The van der Waals surface area contributed by atoms with Gasteiger partial charge >= 0.3 is 0 Å². The summed E-state index contributed by atoms with van der Waals surface area (Å²) in [4.78, 5) is 8.69. The minimum absolute atomic E-state index is 0.488. The van der Waals surface area contributed by atoms with E-state index >= 15 is 0 Å². The van der Waals surface area contributed by atoms with Gasteiger partial charge in [0.15, 0.2) is 5.65 Å². The van der Waals surface area contributed by atoms with Crippen molar-refractivity contribution in [2.45, 2.75) is 26.7 Å². The molecular weight excluding hydrogens is 324 g/mol. The monoisotopic (exact) mass is 344 g/mol. The molecule has 0 amide bonds. The second-order valence-electron chi connectivity index (χ2n) is 6.64. The highest BCUT2D eigenvalue weighted by Crippen LogP contribution is 2.28. The van der Waals surface area contributed by atoms with Crippen molar-refractivity contribution in [1.29, 1.82) is 0 Å². The van der Waals surface area contributed by atoms with Crippen molar-refractivity contribution in [1.82, 2.24) is 19.7 Å². The summed E-state index contributed by atoms with van der Waals surface area (Å²) in [6.45, 7) is 6.40. The lowest BCUT2D eigenvalue weighted by atomic mass is 10.0. The molecule has 0 aliphatic heterocycles. The van der Waals surface area contributed by atoms with E-state index in [1.165, 1.54) is 17.5 Å². The molecule has 5 heteroatoms. The fourth-order valence-corrected chi connectivity index (χ4v) is 2.89. The van der Waals surface area contributed by atoms with Crippen molar-refractivity contribution in [3.8, 4) is 17.3 Å². The van der Waals surface area contributed by atoms with E-state index in [4.69, 9.17) is 4.74 Å². The third-order valence-electron chi connectivity index (χ3n) is 4.34. The summed E-state index contributed by atoms with van der Waals surface area (Å²) in [7, 11) is 0. The van der Waals surface area contributed by atoms with Crippen LogP contribution in [0, 0.1) is 6.92 Å². The normalized spacial score (nSPS) is 11.2. The molecule has 0 saturated carbocycles. The Morgan fingerprint density at radius 3 is 2.54 bits per heavy atom. The minimum Gasteiger partial charge on any atom is -0.438 e. The molecule has 0 atom stereocenters. The van der Waals surface area contributed by atoms with Gasteiger partial charge in [-0.1, -0.05) is 38.1 Å². The van der Waals surface area contributed by atoms with Crippen LogP contribution in [0.3, 0.4) is 0 Å². The van der Waals surface area contributed by atoms with Gasteiger partial charge in [0.2, 0.25) is 5.88 Å². The number of hydrogen-bond acceptors (Lipinski definition) is 4. The molecule has 4 rings (SSSR count). The first-order chi connectivity index (χ1) is 12.6. The van der Waals surface area contributed by atoms with E-state index in [0.717, 1.165) is 22.5 Å². The minimum atomic E-state index is 0.488. The van der Waals surface area contributed by atoms with Crippen LogP contribution in [0.15, 0.2) is 61.1 Å². The third kappa shape index (κ3) is 3.04. The van der Waals surface area contributed by atoms with Gasteiger partial charge in [0, 0.05) is 0 Å². The van der Waals surface area contributed by atoms with Crippen LogP contribution in [0.25, 0.3) is 16.7 Å². The molecule has 0 spiro atoms. The Morgan fingerprint density at radius 2 is 1.81 bits per heavy atom. The van der Waals surface area contributed by atoms with E-state index in [-0.39, 0.29) is 0 Å². The average Bonchev–Trinajstić information content (AvgIpc) is 3.07. The molecule has 2 aromatic heterocycles. The molecule has 0 aliphatic carbocycles. The fourth-order valence-electron chi connectivity index (χ4n) is 2.89. The molecule has 4 aromatic rings. The summed E-state index contributed by atoms with van der Waals surface area (Å²) in [5.41, 5.74) is 4.13. The standard InChI is InChI=1S/C21H20N4O/c1-14(2)16-7-9-18(10-8-16)26-21-19-12-24-25(20(19)22-13-23-21)17-6-4-5-15(3)11-17/h4-14H,1-3H3. The second-order valence-corrected chi connectivity index (χ2v) is 6.64. The first kappa shape index (κ1) is 16.3. The molecule has 2 aromatic carbocycles. The van der Waals surface area contributed by atoms with E-state index in [1.807, 2.05) is 24.3 Å². The van der Waals surface area contributed by atoms with E-state index in [1.54, 1.807) is 10.9 Å². The van der Waals surface area contributed by atoms with Crippen molar-refractivity contribution in [2.75, 3.05) is 0 Å². The Balaban J connectivity index is 1.71. The Labute approximate surface area is 152 Å². The number of fused-ring (bicyclic) bond motifs is 1. The number of benzene rings is 2. The van der Waals surface area contributed by atoms with Crippen molar-refractivity contribution in [3.63, 3.8) is 0 Å². The lowest BCUT2D eigenvalue weighted by Crippen LogP contribution is -1.98. The highest BCUT2D eigenvalue weighted by Gasteiger charge is 2.13. The van der Waals surface area contributed by atoms with Crippen molar-refractivity contribution >= 4 is 11.0 Å². The fraction of sp³-hybridized carbons (Fsp3) is 0.190. The lowest BCUT2D eigenvalue weighted by Gasteiger charge is -2.08. The summed E-state index contributed by atoms with van der Waals surface area (Å²) in [6, 6.07) is 16.2. The van der Waals surface area contributed by atoms with Crippen molar-refractivity contribution in [3.05, 3.63) is 72.2 Å². The molecule has 0 bridgehead atoms. The van der Waals surface area contributed by atoms with Gasteiger partial charge in [-0.25, -0.2) is 14.6 Å². The molecular formula is C21H20N4O.